The Bertz CT molecular complexity index is 410. The minimum atomic E-state index is -0.170. The van der Waals surface area contributed by atoms with Crippen LogP contribution in [0, 0.1) is 0 Å². The molecule has 1 aromatic heterocycles. The molecule has 0 saturated heterocycles. The molecule has 17 heavy (non-hydrogen) atoms. The first-order valence-electron chi connectivity index (χ1n) is 5.74. The summed E-state index contributed by atoms with van der Waals surface area (Å²) in [7, 11) is 4.10. The number of carbonyl (C=O) groups excluding carboxylic acids is 1. The highest BCUT2D eigenvalue weighted by Gasteiger charge is 2.39. The van der Waals surface area contributed by atoms with Gasteiger partial charge in [-0.25, -0.2) is 0 Å². The van der Waals surface area contributed by atoms with Crippen molar-refractivity contribution in [3.05, 3.63) is 23.1 Å². The van der Waals surface area contributed by atoms with Crippen LogP contribution in [-0.4, -0.2) is 37.0 Å². The number of hydrogen-bond donors (Lipinski definition) is 1. The molecular weight excluding hydrogens is 240 g/mol. The van der Waals surface area contributed by atoms with Gasteiger partial charge in [0, 0.05) is 12.1 Å². The molecule has 0 aliphatic heterocycles. The SMILES string of the molecule is CN(C)C1(CNC(=O)c2ccoc2Cl)CCC1. The highest BCUT2D eigenvalue weighted by atomic mass is 35.5. The van der Waals surface area contributed by atoms with Crippen molar-refractivity contribution in [1.82, 2.24) is 10.2 Å². The van der Waals surface area contributed by atoms with Crippen LogP contribution in [0.15, 0.2) is 16.7 Å². The van der Waals surface area contributed by atoms with E-state index in [1.807, 2.05) is 0 Å². The quantitative estimate of drug-likeness (QED) is 0.898. The predicted octanol–water partition coefficient (Wildman–Crippen LogP) is 2.15. The first-order chi connectivity index (χ1) is 8.05. The second kappa shape index (κ2) is 4.70. The maximum absolute atomic E-state index is 11.9. The van der Waals surface area contributed by atoms with E-state index in [9.17, 15) is 4.79 Å². The summed E-state index contributed by atoms with van der Waals surface area (Å²) in [4.78, 5) is 14.1. The van der Waals surface area contributed by atoms with E-state index in [1.54, 1.807) is 6.07 Å². The van der Waals surface area contributed by atoms with Gasteiger partial charge in [-0.1, -0.05) is 0 Å². The van der Waals surface area contributed by atoms with Crippen LogP contribution in [0.1, 0.15) is 29.6 Å². The molecule has 5 heteroatoms. The zero-order valence-electron chi connectivity index (χ0n) is 10.1. The van der Waals surface area contributed by atoms with Crippen LogP contribution < -0.4 is 5.32 Å². The Morgan fingerprint density at radius 2 is 2.29 bits per heavy atom. The number of hydrogen-bond acceptors (Lipinski definition) is 3. The third-order valence-electron chi connectivity index (χ3n) is 3.67. The van der Waals surface area contributed by atoms with Gasteiger partial charge in [0.2, 0.25) is 5.22 Å². The minimum Gasteiger partial charge on any atom is -0.452 e. The van der Waals surface area contributed by atoms with Crippen LogP contribution in [0.2, 0.25) is 5.22 Å². The van der Waals surface area contributed by atoms with Gasteiger partial charge in [0.1, 0.15) is 0 Å². The standard InChI is InChI=1S/C12H17ClN2O2/c1-15(2)12(5-3-6-12)8-14-11(16)9-4-7-17-10(9)13/h4,7H,3,5-6,8H2,1-2H3,(H,14,16). The van der Waals surface area contributed by atoms with Crippen molar-refractivity contribution >= 4 is 17.5 Å². The van der Waals surface area contributed by atoms with E-state index in [1.165, 1.54) is 12.7 Å². The van der Waals surface area contributed by atoms with E-state index in [-0.39, 0.29) is 16.7 Å². The number of halogens is 1. The smallest absolute Gasteiger partial charge is 0.256 e. The summed E-state index contributed by atoms with van der Waals surface area (Å²) >= 11 is 5.76. The van der Waals surface area contributed by atoms with Crippen LogP contribution in [-0.2, 0) is 0 Å². The fourth-order valence-electron chi connectivity index (χ4n) is 2.16. The maximum atomic E-state index is 11.9. The summed E-state index contributed by atoms with van der Waals surface area (Å²) in [6, 6.07) is 1.58. The summed E-state index contributed by atoms with van der Waals surface area (Å²) in [5, 5.41) is 3.07. The molecule has 1 fully saturated rings. The molecule has 1 saturated carbocycles. The monoisotopic (exact) mass is 256 g/mol. The maximum Gasteiger partial charge on any atom is 0.256 e. The van der Waals surface area contributed by atoms with Crippen LogP contribution in [0.4, 0.5) is 0 Å². The van der Waals surface area contributed by atoms with E-state index < -0.39 is 0 Å². The number of nitrogens with zero attached hydrogens (tertiary/aromatic N) is 1. The third kappa shape index (κ3) is 2.33. The Hall–Kier alpha value is -1.00. The Morgan fingerprint density at radius 3 is 2.71 bits per heavy atom. The van der Waals surface area contributed by atoms with Crippen LogP contribution in [0.5, 0.6) is 0 Å². The molecule has 94 valence electrons. The minimum absolute atomic E-state index is 0.117. The fraction of sp³-hybridized carbons (Fsp3) is 0.583. The zero-order chi connectivity index (χ0) is 12.5. The van der Waals surface area contributed by atoms with Crippen molar-refractivity contribution in [2.45, 2.75) is 24.8 Å². The molecule has 0 spiro atoms. The summed E-state index contributed by atoms with van der Waals surface area (Å²) in [6.45, 7) is 0.653. The van der Waals surface area contributed by atoms with Crippen LogP contribution in [0.25, 0.3) is 0 Å². The molecule has 1 aliphatic carbocycles. The van der Waals surface area contributed by atoms with E-state index in [2.05, 4.69) is 24.3 Å². The van der Waals surface area contributed by atoms with Crippen molar-refractivity contribution in [1.29, 1.82) is 0 Å². The number of carbonyl (C=O) groups is 1. The lowest BCUT2D eigenvalue weighted by atomic mass is 9.75. The highest BCUT2D eigenvalue weighted by molar-refractivity contribution is 6.32. The lowest BCUT2D eigenvalue weighted by Crippen LogP contribution is -2.57. The van der Waals surface area contributed by atoms with Gasteiger partial charge in [-0.3, -0.25) is 4.79 Å². The Morgan fingerprint density at radius 1 is 1.59 bits per heavy atom. The van der Waals surface area contributed by atoms with E-state index in [0.717, 1.165) is 12.8 Å². The first-order valence-corrected chi connectivity index (χ1v) is 6.12. The first kappa shape index (κ1) is 12.5. The molecule has 1 aliphatic rings. The van der Waals surface area contributed by atoms with Gasteiger partial charge in [-0.15, -0.1) is 0 Å². The van der Waals surface area contributed by atoms with Crippen LogP contribution in [0.3, 0.4) is 0 Å². The van der Waals surface area contributed by atoms with Crippen molar-refractivity contribution < 1.29 is 9.21 Å². The van der Waals surface area contributed by atoms with E-state index in [0.29, 0.717) is 12.1 Å². The summed E-state index contributed by atoms with van der Waals surface area (Å²) < 4.78 is 4.90. The summed E-state index contributed by atoms with van der Waals surface area (Å²) in [5.74, 6) is -0.170. The molecule has 0 unspecified atom stereocenters. The second-order valence-electron chi connectivity index (χ2n) is 4.76. The zero-order valence-corrected chi connectivity index (χ0v) is 10.9. The largest absolute Gasteiger partial charge is 0.452 e. The van der Waals surface area contributed by atoms with E-state index >= 15 is 0 Å². The highest BCUT2D eigenvalue weighted by Crippen LogP contribution is 2.35. The average Bonchev–Trinajstić information content (AvgIpc) is 2.62. The van der Waals surface area contributed by atoms with Gasteiger partial charge in [0.15, 0.2) is 0 Å². The molecule has 1 N–H and O–H groups in total. The number of furan rings is 1. The van der Waals surface area contributed by atoms with Gasteiger partial charge >= 0.3 is 0 Å². The fourth-order valence-corrected chi connectivity index (χ4v) is 2.36. The van der Waals surface area contributed by atoms with Gasteiger partial charge in [0.25, 0.3) is 5.91 Å². The average molecular weight is 257 g/mol. The molecule has 0 bridgehead atoms. The van der Waals surface area contributed by atoms with Crippen molar-refractivity contribution in [2.75, 3.05) is 20.6 Å². The lowest BCUT2D eigenvalue weighted by Gasteiger charge is -2.47. The number of nitrogens with one attached hydrogen (secondary N) is 1. The molecule has 0 atom stereocenters. The van der Waals surface area contributed by atoms with Crippen molar-refractivity contribution in [3.8, 4) is 0 Å². The van der Waals surface area contributed by atoms with Gasteiger partial charge in [-0.2, -0.15) is 0 Å². The predicted molar refractivity (Wildman–Crippen MR) is 66.3 cm³/mol. The summed E-state index contributed by atoms with van der Waals surface area (Å²) in [6.07, 6.45) is 4.89. The summed E-state index contributed by atoms with van der Waals surface area (Å²) in [5.41, 5.74) is 0.520. The third-order valence-corrected chi connectivity index (χ3v) is 3.97. The number of rotatable bonds is 4. The topological polar surface area (TPSA) is 45.5 Å². The second-order valence-corrected chi connectivity index (χ2v) is 5.11. The molecular formula is C12H17ClN2O2. The van der Waals surface area contributed by atoms with Crippen LogP contribution >= 0.6 is 11.6 Å². The molecule has 1 amide bonds. The van der Waals surface area contributed by atoms with Crippen molar-refractivity contribution in [3.63, 3.8) is 0 Å². The lowest BCUT2D eigenvalue weighted by molar-refractivity contribution is 0.0557. The van der Waals surface area contributed by atoms with Gasteiger partial charge in [-0.05, 0) is 51.0 Å². The molecule has 0 radical (unpaired) electrons. The number of amides is 1. The van der Waals surface area contributed by atoms with Gasteiger partial charge < -0.3 is 14.6 Å². The van der Waals surface area contributed by atoms with Crippen molar-refractivity contribution in [2.24, 2.45) is 0 Å². The van der Waals surface area contributed by atoms with E-state index in [4.69, 9.17) is 16.0 Å². The Balaban J connectivity index is 1.94. The molecule has 1 heterocycles. The van der Waals surface area contributed by atoms with Gasteiger partial charge in [0.05, 0.1) is 11.8 Å². The molecule has 4 nitrogen and oxygen atoms in total. The molecule has 0 aromatic carbocycles. The molecule has 2 rings (SSSR count). The Labute approximate surface area is 106 Å². The molecule has 1 aromatic rings. The normalized spacial score (nSPS) is 17.9. The number of likely N-dealkylation sites (N-methyl/N-ethyl adjacent to an activating group) is 1. The Kier molecular flexibility index (Phi) is 3.45.